The molecule has 1 saturated heterocycles. The van der Waals surface area contributed by atoms with Gasteiger partial charge in [-0.3, -0.25) is 4.99 Å². The molecule has 1 fully saturated rings. The van der Waals surface area contributed by atoms with Gasteiger partial charge in [0.1, 0.15) is 5.75 Å². The van der Waals surface area contributed by atoms with Gasteiger partial charge in [0.05, 0.1) is 24.7 Å². The van der Waals surface area contributed by atoms with E-state index < -0.39 is 9.84 Å². The summed E-state index contributed by atoms with van der Waals surface area (Å²) < 4.78 is 28.5. The number of aliphatic imine (C=N–C) groups is 1. The van der Waals surface area contributed by atoms with E-state index in [0.29, 0.717) is 0 Å². The summed E-state index contributed by atoms with van der Waals surface area (Å²) in [4.78, 5) is 6.74. The van der Waals surface area contributed by atoms with Crippen LogP contribution >= 0.6 is 11.8 Å². The third-order valence-corrected chi connectivity index (χ3v) is 6.96. The van der Waals surface area contributed by atoms with Crippen molar-refractivity contribution in [1.82, 2.24) is 0 Å². The number of nitrogens with zero attached hydrogens (tertiary/aromatic N) is 2. The number of rotatable bonds is 3. The molecule has 0 saturated carbocycles. The van der Waals surface area contributed by atoms with E-state index in [-0.39, 0.29) is 22.8 Å². The van der Waals surface area contributed by atoms with Crippen LogP contribution in [0.25, 0.3) is 0 Å². The highest BCUT2D eigenvalue weighted by Crippen LogP contribution is 2.37. The Hall–Kier alpha value is -1.21. The van der Waals surface area contributed by atoms with Crippen LogP contribution in [0.5, 0.6) is 5.75 Å². The van der Waals surface area contributed by atoms with Crippen LogP contribution in [-0.4, -0.2) is 50.0 Å². The van der Waals surface area contributed by atoms with E-state index in [1.165, 1.54) is 0 Å². The van der Waals surface area contributed by atoms with Gasteiger partial charge < -0.3 is 9.64 Å². The van der Waals surface area contributed by atoms with Crippen LogP contribution in [-0.2, 0) is 9.84 Å². The van der Waals surface area contributed by atoms with E-state index in [9.17, 15) is 8.42 Å². The number of hydrogen-bond donors (Lipinski definition) is 0. The normalized spacial score (nSPS) is 26.3. The topological polar surface area (TPSA) is 59.0 Å². The molecule has 0 bridgehead atoms. The van der Waals surface area contributed by atoms with Crippen LogP contribution in [0.1, 0.15) is 6.92 Å². The van der Waals surface area contributed by atoms with Gasteiger partial charge in [-0.05, 0) is 19.1 Å². The zero-order valence-electron chi connectivity index (χ0n) is 12.0. The standard InChI is InChI=1S/C14H18N2O3S2/c1-3-16(10-5-4-6-11(7-10)19-2)14-15-12-8-21(17,18)9-13(12)20-14/h4-7,12-13H,3,8-9H2,1-2H3. The molecule has 114 valence electrons. The van der Waals surface area contributed by atoms with Crippen LogP contribution in [0, 0.1) is 0 Å². The minimum atomic E-state index is -2.90. The molecule has 1 aromatic carbocycles. The van der Waals surface area contributed by atoms with Crippen molar-refractivity contribution in [2.24, 2.45) is 4.99 Å². The molecule has 2 aliphatic rings. The molecule has 0 aromatic heterocycles. The number of ether oxygens (including phenoxy) is 1. The molecule has 2 heterocycles. The lowest BCUT2D eigenvalue weighted by Gasteiger charge is -2.23. The van der Waals surface area contributed by atoms with E-state index in [0.717, 1.165) is 23.1 Å². The van der Waals surface area contributed by atoms with E-state index in [4.69, 9.17) is 4.74 Å². The van der Waals surface area contributed by atoms with Crippen LogP contribution in [0.4, 0.5) is 5.69 Å². The molecule has 2 unspecified atom stereocenters. The first-order valence-corrected chi connectivity index (χ1v) is 9.59. The summed E-state index contributed by atoms with van der Waals surface area (Å²) in [5.74, 6) is 1.23. The lowest BCUT2D eigenvalue weighted by Crippen LogP contribution is -2.28. The summed E-state index contributed by atoms with van der Waals surface area (Å²) in [5, 5.41) is 0.986. The van der Waals surface area contributed by atoms with Gasteiger partial charge in [0.25, 0.3) is 0 Å². The fourth-order valence-corrected chi connectivity index (χ4v) is 6.52. The molecule has 7 heteroatoms. The highest BCUT2D eigenvalue weighted by molar-refractivity contribution is 8.15. The number of amidine groups is 1. The third kappa shape index (κ3) is 2.89. The second-order valence-corrected chi connectivity index (χ2v) is 8.52. The fourth-order valence-electron chi connectivity index (χ4n) is 2.68. The molecule has 2 aliphatic heterocycles. The Balaban J connectivity index is 1.85. The van der Waals surface area contributed by atoms with Gasteiger partial charge in [0.15, 0.2) is 15.0 Å². The summed E-state index contributed by atoms with van der Waals surface area (Å²) >= 11 is 1.58. The van der Waals surface area contributed by atoms with Gasteiger partial charge in [0, 0.05) is 23.5 Å². The minimum absolute atomic E-state index is 0.0738. The predicted octanol–water partition coefficient (Wildman–Crippen LogP) is 1.79. The Morgan fingerprint density at radius 3 is 2.90 bits per heavy atom. The summed E-state index contributed by atoms with van der Waals surface area (Å²) in [7, 11) is -1.26. The van der Waals surface area contributed by atoms with Crippen molar-refractivity contribution >= 4 is 32.5 Å². The largest absolute Gasteiger partial charge is 0.497 e. The van der Waals surface area contributed by atoms with Crippen LogP contribution in [0.2, 0.25) is 0 Å². The van der Waals surface area contributed by atoms with Crippen molar-refractivity contribution in [1.29, 1.82) is 0 Å². The average molecular weight is 326 g/mol. The first-order valence-electron chi connectivity index (χ1n) is 6.89. The lowest BCUT2D eigenvalue weighted by molar-refractivity contribution is 0.415. The zero-order valence-corrected chi connectivity index (χ0v) is 13.7. The Morgan fingerprint density at radius 2 is 2.24 bits per heavy atom. The quantitative estimate of drug-likeness (QED) is 0.847. The predicted molar refractivity (Wildman–Crippen MR) is 87.3 cm³/mol. The van der Waals surface area contributed by atoms with Crippen LogP contribution in [0.15, 0.2) is 29.3 Å². The molecule has 0 radical (unpaired) electrons. The first kappa shape index (κ1) is 14.7. The number of fused-ring (bicyclic) bond motifs is 1. The second-order valence-electron chi connectivity index (χ2n) is 5.16. The highest BCUT2D eigenvalue weighted by atomic mass is 32.2. The van der Waals surface area contributed by atoms with Gasteiger partial charge in [0.2, 0.25) is 0 Å². The fraction of sp³-hybridized carbons (Fsp3) is 0.500. The Bertz CT molecular complexity index is 673. The number of benzene rings is 1. The molecular weight excluding hydrogens is 308 g/mol. The van der Waals surface area contributed by atoms with E-state index in [1.807, 2.05) is 24.3 Å². The molecule has 0 amide bonds. The molecule has 0 spiro atoms. The molecule has 3 rings (SSSR count). The molecule has 0 aliphatic carbocycles. The SMILES string of the molecule is CCN(C1=NC2CS(=O)(=O)CC2S1)c1cccc(OC)c1. The summed E-state index contributed by atoms with van der Waals surface area (Å²) in [6, 6.07) is 7.75. The van der Waals surface area contributed by atoms with Crippen molar-refractivity contribution < 1.29 is 13.2 Å². The first-order chi connectivity index (χ1) is 10.0. The monoisotopic (exact) mass is 326 g/mol. The van der Waals surface area contributed by atoms with Crippen molar-refractivity contribution in [3.8, 4) is 5.75 Å². The maximum atomic E-state index is 11.6. The van der Waals surface area contributed by atoms with Gasteiger partial charge in [-0.1, -0.05) is 17.8 Å². The Kier molecular flexibility index (Phi) is 3.88. The van der Waals surface area contributed by atoms with Gasteiger partial charge >= 0.3 is 0 Å². The van der Waals surface area contributed by atoms with Gasteiger partial charge in [-0.15, -0.1) is 0 Å². The summed E-state index contributed by atoms with van der Waals surface area (Å²) in [5.41, 5.74) is 1.02. The summed E-state index contributed by atoms with van der Waals surface area (Å²) in [6.07, 6.45) is 0. The van der Waals surface area contributed by atoms with Crippen molar-refractivity contribution in [2.75, 3.05) is 30.1 Å². The van der Waals surface area contributed by atoms with E-state index in [1.54, 1.807) is 18.9 Å². The number of anilines is 1. The Labute approximate surface area is 129 Å². The smallest absolute Gasteiger partial charge is 0.164 e. The molecule has 5 nitrogen and oxygen atoms in total. The van der Waals surface area contributed by atoms with Crippen molar-refractivity contribution in [3.05, 3.63) is 24.3 Å². The molecular formula is C14H18N2O3S2. The van der Waals surface area contributed by atoms with Crippen LogP contribution in [0.3, 0.4) is 0 Å². The molecule has 2 atom stereocenters. The van der Waals surface area contributed by atoms with Crippen molar-refractivity contribution in [2.45, 2.75) is 18.2 Å². The minimum Gasteiger partial charge on any atom is -0.497 e. The highest BCUT2D eigenvalue weighted by Gasteiger charge is 2.43. The Morgan fingerprint density at radius 1 is 1.43 bits per heavy atom. The maximum absolute atomic E-state index is 11.6. The number of hydrogen-bond acceptors (Lipinski definition) is 6. The molecule has 1 aromatic rings. The van der Waals surface area contributed by atoms with E-state index in [2.05, 4.69) is 16.8 Å². The maximum Gasteiger partial charge on any atom is 0.164 e. The average Bonchev–Trinajstić information content (AvgIpc) is 2.93. The summed E-state index contributed by atoms with van der Waals surface area (Å²) in [6.45, 7) is 2.85. The van der Waals surface area contributed by atoms with Crippen LogP contribution < -0.4 is 9.64 Å². The number of sulfone groups is 1. The van der Waals surface area contributed by atoms with Gasteiger partial charge in [-0.2, -0.15) is 0 Å². The molecule has 21 heavy (non-hydrogen) atoms. The third-order valence-electron chi connectivity index (χ3n) is 3.72. The van der Waals surface area contributed by atoms with E-state index >= 15 is 0 Å². The number of thioether (sulfide) groups is 1. The van der Waals surface area contributed by atoms with Gasteiger partial charge in [-0.25, -0.2) is 8.42 Å². The second kappa shape index (κ2) is 5.53. The zero-order chi connectivity index (χ0) is 15.0. The lowest BCUT2D eigenvalue weighted by atomic mass is 10.2. The molecule has 0 N–H and O–H groups in total. The van der Waals surface area contributed by atoms with Crippen molar-refractivity contribution in [3.63, 3.8) is 0 Å². The number of methoxy groups -OCH3 is 1.